The van der Waals surface area contributed by atoms with Gasteiger partial charge in [-0.3, -0.25) is 0 Å². The maximum absolute atomic E-state index is 11.8. The molecule has 0 aliphatic carbocycles. The maximum Gasteiger partial charge on any atom is 0.336 e. The molecule has 2 aromatic carbocycles. The zero-order valence-electron chi connectivity index (χ0n) is 14.8. The number of hydrogen-bond donors (Lipinski definition) is 2. The lowest BCUT2D eigenvalue weighted by Crippen LogP contribution is -2.06. The largest absolute Gasteiger partial charge is 0.508 e. The third-order valence-corrected chi connectivity index (χ3v) is 4.45. The monoisotopic (exact) mass is 337 g/mol. The Morgan fingerprint density at radius 3 is 2.64 bits per heavy atom. The Balaban J connectivity index is 1.95. The third-order valence-electron chi connectivity index (χ3n) is 4.45. The number of hydrogen-bond acceptors (Lipinski definition) is 4. The van der Waals surface area contributed by atoms with Gasteiger partial charge < -0.3 is 14.8 Å². The smallest absolute Gasteiger partial charge is 0.336 e. The standard InChI is InChI=1S/C21H23NO3/c1-4-14-9-18-16(10-21(24)25-20(18)11-19(14)23)12-22-17-7-5-6-15(8-17)13(2)3/h5-11,13,22-23H,4,12H2,1-3H3. The highest BCUT2D eigenvalue weighted by Gasteiger charge is 2.10. The molecular formula is C21H23NO3. The van der Waals surface area contributed by atoms with Crippen molar-refractivity contribution in [2.75, 3.05) is 5.32 Å². The van der Waals surface area contributed by atoms with E-state index in [0.717, 1.165) is 22.2 Å². The van der Waals surface area contributed by atoms with E-state index >= 15 is 0 Å². The summed E-state index contributed by atoms with van der Waals surface area (Å²) in [6.45, 7) is 6.81. The van der Waals surface area contributed by atoms with E-state index in [1.54, 1.807) is 0 Å². The quantitative estimate of drug-likeness (QED) is 0.657. The minimum atomic E-state index is -0.413. The van der Waals surface area contributed by atoms with Crippen molar-refractivity contribution in [2.45, 2.75) is 39.7 Å². The summed E-state index contributed by atoms with van der Waals surface area (Å²) in [5.41, 5.74) is 3.97. The summed E-state index contributed by atoms with van der Waals surface area (Å²) in [6, 6.07) is 13.2. The number of aromatic hydroxyl groups is 1. The zero-order valence-corrected chi connectivity index (χ0v) is 14.8. The first-order valence-corrected chi connectivity index (χ1v) is 8.60. The third kappa shape index (κ3) is 3.68. The van der Waals surface area contributed by atoms with E-state index in [4.69, 9.17) is 4.42 Å². The number of rotatable bonds is 5. The Morgan fingerprint density at radius 2 is 1.92 bits per heavy atom. The Kier molecular flexibility index (Phi) is 4.79. The molecule has 4 nitrogen and oxygen atoms in total. The van der Waals surface area contributed by atoms with Gasteiger partial charge in [0.05, 0.1) is 0 Å². The second-order valence-corrected chi connectivity index (χ2v) is 6.56. The first-order chi connectivity index (χ1) is 12.0. The molecule has 0 amide bonds. The van der Waals surface area contributed by atoms with Crippen LogP contribution < -0.4 is 10.9 Å². The molecule has 1 heterocycles. The molecule has 130 valence electrons. The summed E-state index contributed by atoms with van der Waals surface area (Å²) in [5.74, 6) is 0.620. The average Bonchev–Trinajstić information content (AvgIpc) is 2.59. The number of phenols is 1. The summed E-state index contributed by atoms with van der Waals surface area (Å²) in [5, 5.41) is 14.2. The van der Waals surface area contributed by atoms with Crippen molar-refractivity contribution in [1.29, 1.82) is 0 Å². The molecule has 0 radical (unpaired) electrons. The fraction of sp³-hybridized carbons (Fsp3) is 0.286. The topological polar surface area (TPSA) is 62.5 Å². The van der Waals surface area contributed by atoms with E-state index in [1.807, 2.05) is 25.1 Å². The fourth-order valence-corrected chi connectivity index (χ4v) is 2.94. The Morgan fingerprint density at radius 1 is 1.12 bits per heavy atom. The van der Waals surface area contributed by atoms with Crippen LogP contribution in [0.4, 0.5) is 5.69 Å². The van der Waals surface area contributed by atoms with E-state index < -0.39 is 5.63 Å². The van der Waals surface area contributed by atoms with Crippen LogP contribution in [0.15, 0.2) is 51.7 Å². The lowest BCUT2D eigenvalue weighted by atomic mass is 10.0. The number of benzene rings is 2. The van der Waals surface area contributed by atoms with Gasteiger partial charge in [-0.1, -0.05) is 32.9 Å². The Labute approximate surface area is 147 Å². The number of anilines is 1. The van der Waals surface area contributed by atoms with Gasteiger partial charge in [0.15, 0.2) is 0 Å². The lowest BCUT2D eigenvalue weighted by Gasteiger charge is -2.12. The second-order valence-electron chi connectivity index (χ2n) is 6.56. The Bertz CT molecular complexity index is 957. The van der Waals surface area contributed by atoms with Crippen molar-refractivity contribution < 1.29 is 9.52 Å². The minimum absolute atomic E-state index is 0.160. The van der Waals surface area contributed by atoms with Crippen LogP contribution in [-0.4, -0.2) is 5.11 Å². The van der Waals surface area contributed by atoms with Crippen LogP contribution in [0.1, 0.15) is 43.4 Å². The van der Waals surface area contributed by atoms with Crippen LogP contribution in [0.5, 0.6) is 5.75 Å². The molecule has 1 aromatic heterocycles. The van der Waals surface area contributed by atoms with Crippen LogP contribution in [0.2, 0.25) is 0 Å². The summed E-state index contributed by atoms with van der Waals surface area (Å²) in [6.07, 6.45) is 0.713. The van der Waals surface area contributed by atoms with Crippen molar-refractivity contribution >= 4 is 16.7 Å². The number of nitrogens with one attached hydrogen (secondary N) is 1. The van der Waals surface area contributed by atoms with Crippen LogP contribution >= 0.6 is 0 Å². The van der Waals surface area contributed by atoms with Gasteiger partial charge in [-0.25, -0.2) is 4.79 Å². The van der Waals surface area contributed by atoms with Crippen molar-refractivity contribution in [3.8, 4) is 5.75 Å². The fourth-order valence-electron chi connectivity index (χ4n) is 2.94. The van der Waals surface area contributed by atoms with E-state index in [2.05, 4.69) is 31.3 Å². The summed E-state index contributed by atoms with van der Waals surface area (Å²) in [4.78, 5) is 11.8. The molecule has 0 saturated carbocycles. The van der Waals surface area contributed by atoms with Crippen LogP contribution in [-0.2, 0) is 13.0 Å². The van der Waals surface area contributed by atoms with Crippen molar-refractivity contribution in [3.63, 3.8) is 0 Å². The van der Waals surface area contributed by atoms with Crippen molar-refractivity contribution in [1.82, 2.24) is 0 Å². The molecule has 0 spiro atoms. The van der Waals surface area contributed by atoms with Gasteiger partial charge in [0, 0.05) is 29.8 Å². The van der Waals surface area contributed by atoms with E-state index in [1.165, 1.54) is 17.7 Å². The molecule has 2 N–H and O–H groups in total. The molecule has 25 heavy (non-hydrogen) atoms. The van der Waals surface area contributed by atoms with E-state index in [-0.39, 0.29) is 5.75 Å². The van der Waals surface area contributed by atoms with Crippen molar-refractivity contribution in [3.05, 3.63) is 69.6 Å². The van der Waals surface area contributed by atoms with Crippen LogP contribution in [0.3, 0.4) is 0 Å². The van der Waals surface area contributed by atoms with Crippen LogP contribution in [0.25, 0.3) is 11.0 Å². The van der Waals surface area contributed by atoms with Gasteiger partial charge >= 0.3 is 5.63 Å². The van der Waals surface area contributed by atoms with Gasteiger partial charge in [-0.05, 0) is 47.2 Å². The summed E-state index contributed by atoms with van der Waals surface area (Å²) in [7, 11) is 0. The highest BCUT2D eigenvalue weighted by molar-refractivity contribution is 5.83. The molecule has 0 unspecified atom stereocenters. The molecule has 0 bridgehead atoms. The zero-order chi connectivity index (χ0) is 18.0. The SMILES string of the molecule is CCc1cc2c(CNc3cccc(C(C)C)c3)cc(=O)oc2cc1O. The van der Waals surface area contributed by atoms with Gasteiger partial charge in [0.1, 0.15) is 11.3 Å². The van der Waals surface area contributed by atoms with Gasteiger partial charge in [-0.2, -0.15) is 0 Å². The van der Waals surface area contributed by atoms with Gasteiger partial charge in [-0.15, -0.1) is 0 Å². The maximum atomic E-state index is 11.8. The number of aryl methyl sites for hydroxylation is 1. The predicted molar refractivity (Wildman–Crippen MR) is 101 cm³/mol. The van der Waals surface area contributed by atoms with Gasteiger partial charge in [0.2, 0.25) is 0 Å². The first kappa shape index (κ1) is 17.1. The summed E-state index contributed by atoms with van der Waals surface area (Å²) >= 11 is 0. The summed E-state index contributed by atoms with van der Waals surface area (Å²) < 4.78 is 5.24. The predicted octanol–water partition coefficient (Wildman–Crippen LogP) is 4.80. The average molecular weight is 337 g/mol. The van der Waals surface area contributed by atoms with E-state index in [0.29, 0.717) is 24.5 Å². The molecule has 3 rings (SSSR count). The molecule has 0 aliphatic heterocycles. The normalized spacial score (nSPS) is 11.2. The van der Waals surface area contributed by atoms with Gasteiger partial charge in [0.25, 0.3) is 0 Å². The number of fused-ring (bicyclic) bond motifs is 1. The highest BCUT2D eigenvalue weighted by Crippen LogP contribution is 2.27. The Hall–Kier alpha value is -2.75. The van der Waals surface area contributed by atoms with E-state index in [9.17, 15) is 9.90 Å². The minimum Gasteiger partial charge on any atom is -0.508 e. The molecule has 0 saturated heterocycles. The molecule has 0 atom stereocenters. The molecule has 0 fully saturated rings. The highest BCUT2D eigenvalue weighted by atomic mass is 16.4. The van der Waals surface area contributed by atoms with Crippen molar-refractivity contribution in [2.24, 2.45) is 0 Å². The lowest BCUT2D eigenvalue weighted by molar-refractivity contribution is 0.466. The number of phenolic OH excluding ortho intramolecular Hbond substituents is 1. The molecule has 3 aromatic rings. The molecule has 0 aliphatic rings. The first-order valence-electron chi connectivity index (χ1n) is 8.60. The molecular weight excluding hydrogens is 314 g/mol. The molecule has 4 heteroatoms. The second kappa shape index (κ2) is 7.01. The van der Waals surface area contributed by atoms with Crippen LogP contribution in [0, 0.1) is 0 Å².